The van der Waals surface area contributed by atoms with Gasteiger partial charge in [-0.1, -0.05) is 75.7 Å². The predicted octanol–water partition coefficient (Wildman–Crippen LogP) is 9.81. The third-order valence-corrected chi connectivity index (χ3v) is 18.0. The summed E-state index contributed by atoms with van der Waals surface area (Å²) in [4.78, 5) is 27.9. The first kappa shape index (κ1) is 49.6. The van der Waals surface area contributed by atoms with Gasteiger partial charge in [-0.2, -0.15) is 0 Å². The van der Waals surface area contributed by atoms with Crippen LogP contribution in [0.25, 0.3) is 0 Å². The lowest BCUT2D eigenvalue weighted by Gasteiger charge is -2.48. The summed E-state index contributed by atoms with van der Waals surface area (Å²) in [5.74, 6) is 1.31. The number of hydrogen-bond acceptors (Lipinski definition) is 10. The van der Waals surface area contributed by atoms with Crippen LogP contribution in [-0.2, 0) is 47.1 Å². The lowest BCUT2D eigenvalue weighted by molar-refractivity contribution is -0.251. The fourth-order valence-corrected chi connectivity index (χ4v) is 14.8. The quantitative estimate of drug-likeness (QED) is 0.164. The summed E-state index contributed by atoms with van der Waals surface area (Å²) in [5.41, 5.74) is 2.17. The number of ether oxygens (including phenoxy) is 6. The van der Waals surface area contributed by atoms with Gasteiger partial charge in [-0.05, 0) is 92.0 Å². The number of ketones is 2. The number of fused-ring (bicyclic) bond motifs is 7. The van der Waals surface area contributed by atoms with Gasteiger partial charge in [0.25, 0.3) is 0 Å². The largest absolute Gasteiger partial charge is 0.374 e. The minimum absolute atomic E-state index is 0.0583. The van der Waals surface area contributed by atoms with E-state index in [1.165, 1.54) is 12.6 Å². The van der Waals surface area contributed by atoms with Crippen molar-refractivity contribution in [3.8, 4) is 0 Å². The molecule has 0 radical (unpaired) electrons. The van der Waals surface area contributed by atoms with Crippen molar-refractivity contribution in [1.82, 2.24) is 0 Å². The van der Waals surface area contributed by atoms with Gasteiger partial charge >= 0.3 is 0 Å². The molecule has 0 aromatic carbocycles. The summed E-state index contributed by atoms with van der Waals surface area (Å²) in [7, 11) is 12.8. The molecule has 8 bridgehead atoms. The molecule has 0 amide bonds. The Balaban J connectivity index is 1.15. The van der Waals surface area contributed by atoms with E-state index in [9.17, 15) is 9.59 Å². The van der Waals surface area contributed by atoms with E-state index >= 15 is 0 Å². The van der Waals surface area contributed by atoms with Crippen molar-refractivity contribution in [2.75, 3.05) is 6.16 Å². The Morgan fingerprint density at radius 2 is 1.50 bits per heavy atom. The first-order valence-electron chi connectivity index (χ1n) is 22.0. The molecule has 18 heteroatoms. The molecule has 0 aromatic rings. The topological polar surface area (TPSA) is 108 Å². The summed E-state index contributed by atoms with van der Waals surface area (Å²) < 4.78 is 54.0. The summed E-state index contributed by atoms with van der Waals surface area (Å²) in [6, 6.07) is 0. The van der Waals surface area contributed by atoms with E-state index < -0.39 is 51.7 Å². The first-order chi connectivity index (χ1) is 28.7. The van der Waals surface area contributed by atoms with Gasteiger partial charge in [0.2, 0.25) is 0 Å². The zero-order valence-electron chi connectivity index (χ0n) is 35.5. The van der Waals surface area contributed by atoms with Gasteiger partial charge in [0.15, 0.2) is 5.78 Å². The molecule has 7 heterocycles. The second-order valence-corrected chi connectivity index (χ2v) is 32.2. The second-order valence-electron chi connectivity index (χ2n) is 18.5. The Morgan fingerprint density at radius 3 is 2.25 bits per heavy atom. The van der Waals surface area contributed by atoms with Crippen LogP contribution in [0.2, 0.25) is 0 Å². The van der Waals surface area contributed by atoms with Gasteiger partial charge in [-0.25, -0.2) is 0 Å². The fourth-order valence-electron chi connectivity index (χ4n) is 10.9. The van der Waals surface area contributed by atoms with Gasteiger partial charge in [0.05, 0.1) is 70.0 Å². The van der Waals surface area contributed by atoms with Crippen molar-refractivity contribution in [2.24, 2.45) is 23.7 Å². The highest BCUT2D eigenvalue weighted by Gasteiger charge is 2.59. The normalized spacial score (nSPS) is 44.2. The number of allylic oxidation sites excluding steroid dienone is 1. The number of carbonyl (C=O) groups excluding carboxylic acids is 2. The maximum atomic E-state index is 14.3. The zero-order chi connectivity index (χ0) is 42.8. The van der Waals surface area contributed by atoms with Gasteiger partial charge in [-0.15, -0.1) is 17.2 Å². The van der Waals surface area contributed by atoms with Crippen LogP contribution in [0.3, 0.4) is 0 Å². The van der Waals surface area contributed by atoms with Gasteiger partial charge in [0.1, 0.15) is 36.3 Å². The molecule has 0 N–H and O–H groups in total. The van der Waals surface area contributed by atoms with Crippen molar-refractivity contribution < 1.29 is 47.1 Å². The Morgan fingerprint density at radius 1 is 0.783 bits per heavy atom. The lowest BCUT2D eigenvalue weighted by Crippen LogP contribution is -2.61. The van der Waals surface area contributed by atoms with E-state index in [0.29, 0.717) is 43.9 Å². The van der Waals surface area contributed by atoms with Crippen LogP contribution in [-0.4, -0.2) is 103 Å². The van der Waals surface area contributed by atoms with Crippen LogP contribution < -0.4 is 0 Å². The highest BCUT2D eigenvalue weighted by atomic mass is 32.4. The molecule has 0 spiro atoms. The van der Waals surface area contributed by atoms with Crippen LogP contribution in [0.1, 0.15) is 97.8 Å². The minimum atomic E-state index is -0.962. The van der Waals surface area contributed by atoms with Crippen molar-refractivity contribution in [3.05, 3.63) is 36.5 Å². The minimum Gasteiger partial charge on any atom is -0.374 e. The van der Waals surface area contributed by atoms with Crippen molar-refractivity contribution >= 4 is 79.5 Å². The first-order valence-corrected chi connectivity index (χ1v) is 34.1. The molecule has 7 rings (SSSR count). The highest BCUT2D eigenvalue weighted by Crippen LogP contribution is 2.60. The van der Waals surface area contributed by atoms with E-state index in [-0.39, 0.29) is 78.7 Å². The van der Waals surface area contributed by atoms with Crippen molar-refractivity contribution in [2.45, 2.75) is 183 Å². The monoisotopic (exact) mass is 982 g/mol. The van der Waals surface area contributed by atoms with Gasteiger partial charge in [-0.3, -0.25) is 9.59 Å². The maximum Gasteiger partial charge on any atom is 0.158 e. The fraction of sp³-hybridized carbons (Fsp3) is 0.810. The Hall–Kier alpha value is 1.68. The molecule has 338 valence electrons. The van der Waals surface area contributed by atoms with Crippen LogP contribution in [0.15, 0.2) is 36.5 Å². The van der Waals surface area contributed by atoms with E-state index in [1.54, 1.807) is 6.08 Å². The molecule has 7 aliphatic heterocycles. The van der Waals surface area contributed by atoms with Crippen molar-refractivity contribution in [3.63, 3.8) is 0 Å². The van der Waals surface area contributed by atoms with E-state index in [0.717, 1.165) is 51.5 Å². The predicted molar refractivity (Wildman–Crippen MR) is 261 cm³/mol. The summed E-state index contributed by atoms with van der Waals surface area (Å²) in [5, 5.41) is 0. The third kappa shape index (κ3) is 12.4. The SMILES string of the molecule is C=C1CC2/C=C/C(=O)C[C@H]3OC4[C@@H](O[C@H]5CC[C@H](CC(=O)CC6[C@H](CC7O[C@@H](CCC1O2)C[C@@H](C)C7=C)O[C@H](C[C@H](C)CCPP)[C@@H]6C)O[C@@H]5[C@@H]4OP(P)P)[C@H]3OP(P)P. The second kappa shape index (κ2) is 22.7. The molecular formula is C42H70O10P8. The lowest BCUT2D eigenvalue weighted by atomic mass is 9.78. The highest BCUT2D eigenvalue weighted by molar-refractivity contribution is 8.41. The molecule has 0 aromatic heterocycles. The standard InChI is InChI=1S/C42H70O10P8/c1-21(12-13-58-53)14-34-25(5)31-18-27(44)17-30-9-11-33-38(47-30)42(52-60(56)57)41-40(49-33)39(51-59(54)55)37(50-41)19-26(43)6-7-28-16-23(3)32(45-28)10-8-29-15-22(2)24(4)35(46-29)20-36(31)48-34/h6-7,21-22,25,28-42,58H,3-4,8-20,53-57H2,1-2,5H3/b7-6+/t21-,22-,25-,28?,29+,30-,31?,32?,33+,34-,35?,36+,37-,38+,39+,40+,41?,42+/m1/s1. The maximum absolute atomic E-state index is 14.3. The summed E-state index contributed by atoms with van der Waals surface area (Å²) in [6.45, 7) is 15.8. The molecule has 10 nitrogen and oxygen atoms in total. The number of carbonyl (C=O) groups is 2. The van der Waals surface area contributed by atoms with Crippen LogP contribution >= 0.6 is 68.0 Å². The zero-order valence-corrected chi connectivity index (χ0v) is 44.1. The summed E-state index contributed by atoms with van der Waals surface area (Å²) in [6.07, 6.45) is 9.39. The molecule has 6 saturated heterocycles. The number of hydrogen-bond donors (Lipinski definition) is 0. The van der Waals surface area contributed by atoms with Crippen LogP contribution in [0.4, 0.5) is 0 Å². The van der Waals surface area contributed by atoms with E-state index in [1.807, 2.05) is 6.08 Å². The molecule has 60 heavy (non-hydrogen) atoms. The van der Waals surface area contributed by atoms with Gasteiger partial charge < -0.3 is 37.5 Å². The van der Waals surface area contributed by atoms with Gasteiger partial charge in [0, 0.05) is 32.1 Å². The molecular weight excluding hydrogens is 912 g/mol. The average Bonchev–Trinajstić information content (AvgIpc) is 3.81. The van der Waals surface area contributed by atoms with E-state index in [2.05, 4.69) is 78.6 Å². The Bertz CT molecular complexity index is 1560. The van der Waals surface area contributed by atoms with Crippen LogP contribution in [0, 0.1) is 23.7 Å². The Kier molecular flexibility index (Phi) is 18.7. The molecule has 0 aliphatic carbocycles. The molecule has 0 saturated carbocycles. The smallest absolute Gasteiger partial charge is 0.158 e. The number of rotatable bonds is 9. The van der Waals surface area contributed by atoms with Crippen LogP contribution in [0.5, 0.6) is 0 Å². The van der Waals surface area contributed by atoms with Crippen molar-refractivity contribution in [1.29, 1.82) is 0 Å². The molecule has 7 aliphatic rings. The molecule has 24 atom stereocenters. The third-order valence-electron chi connectivity index (χ3n) is 14.1. The van der Waals surface area contributed by atoms with E-state index in [4.69, 9.17) is 37.5 Å². The number of Topliss-reactive ketones (excluding diaryl/α,β-unsaturated/α-hetero) is 1. The Labute approximate surface area is 374 Å². The molecule has 11 unspecified atom stereocenters. The molecule has 6 fully saturated rings. The average molecular weight is 983 g/mol. The summed E-state index contributed by atoms with van der Waals surface area (Å²) >= 11 is 0.